The van der Waals surface area contributed by atoms with Crippen LogP contribution in [0.25, 0.3) is 0 Å². The van der Waals surface area contributed by atoms with Gasteiger partial charge in [0.05, 0.1) is 0 Å². The summed E-state index contributed by atoms with van der Waals surface area (Å²) in [5, 5.41) is 3.24. The predicted octanol–water partition coefficient (Wildman–Crippen LogP) is 2.25. The van der Waals surface area contributed by atoms with Gasteiger partial charge in [-0.25, -0.2) is 9.97 Å². The fourth-order valence-electron chi connectivity index (χ4n) is 2.56. The van der Waals surface area contributed by atoms with Crippen molar-refractivity contribution >= 4 is 11.7 Å². The van der Waals surface area contributed by atoms with E-state index in [2.05, 4.69) is 15.3 Å². The van der Waals surface area contributed by atoms with Gasteiger partial charge in [0.15, 0.2) is 0 Å². The second kappa shape index (κ2) is 8.68. The molecule has 1 amide bonds. The molecule has 2 heterocycles. The normalized spacial score (nSPS) is 14.9. The van der Waals surface area contributed by atoms with Gasteiger partial charge in [-0.3, -0.25) is 4.79 Å². The molecule has 0 aliphatic carbocycles. The fourth-order valence-corrected chi connectivity index (χ4v) is 2.56. The summed E-state index contributed by atoms with van der Waals surface area (Å²) in [7, 11) is 0. The number of nitrogens with one attached hydrogen (secondary N) is 1. The molecular weight excluding hydrogens is 280 g/mol. The highest BCUT2D eigenvalue weighted by Crippen LogP contribution is 2.14. The number of rotatable bonds is 7. The highest BCUT2D eigenvalue weighted by molar-refractivity contribution is 5.93. The lowest BCUT2D eigenvalue weighted by molar-refractivity contribution is 0.0718. The maximum Gasteiger partial charge on any atom is 0.272 e. The smallest absolute Gasteiger partial charge is 0.272 e. The number of carbonyl (C=O) groups is 1. The molecule has 0 unspecified atom stereocenters. The first-order valence-electron chi connectivity index (χ1n) is 8.17. The third-order valence-corrected chi connectivity index (χ3v) is 3.68. The topological polar surface area (TPSA) is 67.3 Å². The molecule has 2 rings (SSSR count). The van der Waals surface area contributed by atoms with Gasteiger partial charge in [0.2, 0.25) is 0 Å². The molecule has 1 aliphatic rings. The molecule has 1 aromatic heterocycles. The van der Waals surface area contributed by atoms with E-state index >= 15 is 0 Å². The Labute approximate surface area is 132 Å². The van der Waals surface area contributed by atoms with Crippen LogP contribution in [0.15, 0.2) is 6.07 Å². The Bertz CT molecular complexity index is 487. The van der Waals surface area contributed by atoms with Crippen LogP contribution in [0, 0.1) is 6.92 Å². The molecule has 22 heavy (non-hydrogen) atoms. The quantitative estimate of drug-likeness (QED) is 0.783. The highest BCUT2D eigenvalue weighted by Gasteiger charge is 2.20. The van der Waals surface area contributed by atoms with Crippen molar-refractivity contribution in [2.75, 3.05) is 38.2 Å². The molecule has 0 spiro atoms. The Hall–Kier alpha value is -1.69. The summed E-state index contributed by atoms with van der Waals surface area (Å²) in [6.45, 7) is 7.71. The number of anilines is 1. The molecule has 0 atom stereocenters. The van der Waals surface area contributed by atoms with E-state index in [-0.39, 0.29) is 5.91 Å². The van der Waals surface area contributed by atoms with E-state index < -0.39 is 0 Å². The monoisotopic (exact) mass is 306 g/mol. The number of hydrogen-bond acceptors (Lipinski definition) is 5. The van der Waals surface area contributed by atoms with Crippen molar-refractivity contribution in [2.45, 2.75) is 39.5 Å². The summed E-state index contributed by atoms with van der Waals surface area (Å²) in [4.78, 5) is 23.0. The number of nitrogens with zero attached hydrogens (tertiary/aromatic N) is 3. The zero-order chi connectivity index (χ0) is 15.8. The Kier molecular flexibility index (Phi) is 6.58. The van der Waals surface area contributed by atoms with Crippen LogP contribution in [-0.4, -0.2) is 53.6 Å². The number of likely N-dealkylation sites (tertiary alicyclic amines) is 1. The van der Waals surface area contributed by atoms with Crippen LogP contribution in [0.1, 0.15) is 48.9 Å². The molecule has 1 saturated heterocycles. The number of aryl methyl sites for hydroxylation is 1. The third-order valence-electron chi connectivity index (χ3n) is 3.68. The minimum absolute atomic E-state index is 0.0163. The molecule has 0 bridgehead atoms. The molecule has 0 aromatic carbocycles. The van der Waals surface area contributed by atoms with Crippen LogP contribution in [0.3, 0.4) is 0 Å². The SMILES string of the molecule is CCOCCCNc1cc(C(=O)N2CCCCC2)nc(C)n1. The standard InChI is InChI=1S/C16H26N4O2/c1-3-22-11-7-8-17-15-12-14(18-13(2)19-15)16(21)20-9-5-4-6-10-20/h12H,3-11H2,1-2H3,(H,17,18,19). The van der Waals surface area contributed by atoms with Gasteiger partial charge in [-0.15, -0.1) is 0 Å². The average molecular weight is 306 g/mol. The van der Waals surface area contributed by atoms with Gasteiger partial charge in [0.1, 0.15) is 17.3 Å². The van der Waals surface area contributed by atoms with Crippen LogP contribution in [0.5, 0.6) is 0 Å². The van der Waals surface area contributed by atoms with E-state index in [1.165, 1.54) is 6.42 Å². The van der Waals surface area contributed by atoms with Crippen LogP contribution in [0.2, 0.25) is 0 Å². The molecule has 1 N–H and O–H groups in total. The summed E-state index contributed by atoms with van der Waals surface area (Å²) in [5.74, 6) is 1.35. The first-order valence-corrected chi connectivity index (χ1v) is 8.17. The second-order valence-corrected chi connectivity index (χ2v) is 5.52. The Morgan fingerprint density at radius 3 is 2.82 bits per heavy atom. The fraction of sp³-hybridized carbons (Fsp3) is 0.688. The van der Waals surface area contributed by atoms with Crippen LogP contribution in [0.4, 0.5) is 5.82 Å². The van der Waals surface area contributed by atoms with E-state index in [9.17, 15) is 4.79 Å². The molecule has 1 aromatic rings. The van der Waals surface area contributed by atoms with E-state index in [0.29, 0.717) is 17.3 Å². The van der Waals surface area contributed by atoms with Gasteiger partial charge in [-0.05, 0) is 39.5 Å². The molecular formula is C16H26N4O2. The molecule has 122 valence electrons. The van der Waals surface area contributed by atoms with Gasteiger partial charge in [0, 0.05) is 38.9 Å². The predicted molar refractivity (Wildman–Crippen MR) is 86.1 cm³/mol. The summed E-state index contributed by atoms with van der Waals surface area (Å²) in [5.41, 5.74) is 0.488. The van der Waals surface area contributed by atoms with Crippen molar-refractivity contribution in [3.8, 4) is 0 Å². The van der Waals surface area contributed by atoms with Crippen LogP contribution in [-0.2, 0) is 4.74 Å². The Balaban J connectivity index is 1.95. The van der Waals surface area contributed by atoms with Crippen molar-refractivity contribution in [1.82, 2.24) is 14.9 Å². The highest BCUT2D eigenvalue weighted by atomic mass is 16.5. The number of hydrogen-bond donors (Lipinski definition) is 1. The first-order chi connectivity index (χ1) is 10.7. The van der Waals surface area contributed by atoms with Crippen molar-refractivity contribution < 1.29 is 9.53 Å². The average Bonchev–Trinajstić information content (AvgIpc) is 2.54. The number of carbonyl (C=O) groups excluding carboxylic acids is 1. The van der Waals surface area contributed by atoms with Gasteiger partial charge in [0.25, 0.3) is 5.91 Å². The molecule has 6 heteroatoms. The first kappa shape index (κ1) is 16.7. The molecule has 1 fully saturated rings. The van der Waals surface area contributed by atoms with Gasteiger partial charge < -0.3 is 15.0 Å². The lowest BCUT2D eigenvalue weighted by Crippen LogP contribution is -2.36. The second-order valence-electron chi connectivity index (χ2n) is 5.52. The van der Waals surface area contributed by atoms with Gasteiger partial charge in [-0.1, -0.05) is 0 Å². The summed E-state index contributed by atoms with van der Waals surface area (Å²) in [6, 6.07) is 1.75. The molecule has 0 radical (unpaired) electrons. The molecule has 0 saturated carbocycles. The van der Waals surface area contributed by atoms with Crippen LogP contribution < -0.4 is 5.32 Å². The minimum atomic E-state index is 0.0163. The number of piperidine rings is 1. The summed E-state index contributed by atoms with van der Waals surface area (Å²) in [6.07, 6.45) is 4.28. The van der Waals surface area contributed by atoms with Crippen molar-refractivity contribution in [3.63, 3.8) is 0 Å². The van der Waals surface area contributed by atoms with Crippen molar-refractivity contribution in [3.05, 3.63) is 17.6 Å². The molecule has 1 aliphatic heterocycles. The number of aromatic nitrogens is 2. The lowest BCUT2D eigenvalue weighted by atomic mass is 10.1. The number of amides is 1. The largest absolute Gasteiger partial charge is 0.382 e. The Morgan fingerprint density at radius 1 is 1.32 bits per heavy atom. The lowest BCUT2D eigenvalue weighted by Gasteiger charge is -2.26. The maximum absolute atomic E-state index is 12.5. The number of ether oxygens (including phenoxy) is 1. The van der Waals surface area contributed by atoms with Gasteiger partial charge >= 0.3 is 0 Å². The third kappa shape index (κ3) is 4.94. The van der Waals surface area contributed by atoms with E-state index in [1.807, 2.05) is 18.7 Å². The van der Waals surface area contributed by atoms with Gasteiger partial charge in [-0.2, -0.15) is 0 Å². The molecule has 6 nitrogen and oxygen atoms in total. The van der Waals surface area contributed by atoms with Crippen molar-refractivity contribution in [2.24, 2.45) is 0 Å². The van der Waals surface area contributed by atoms with Crippen LogP contribution >= 0.6 is 0 Å². The summed E-state index contributed by atoms with van der Waals surface area (Å²) >= 11 is 0. The zero-order valence-corrected chi connectivity index (χ0v) is 13.6. The van der Waals surface area contributed by atoms with Crippen molar-refractivity contribution in [1.29, 1.82) is 0 Å². The van der Waals surface area contributed by atoms with E-state index in [0.717, 1.165) is 52.1 Å². The maximum atomic E-state index is 12.5. The summed E-state index contributed by atoms with van der Waals surface area (Å²) < 4.78 is 5.30. The zero-order valence-electron chi connectivity index (χ0n) is 13.6. The Morgan fingerprint density at radius 2 is 2.09 bits per heavy atom. The minimum Gasteiger partial charge on any atom is -0.382 e. The van der Waals surface area contributed by atoms with E-state index in [1.54, 1.807) is 6.07 Å². The van der Waals surface area contributed by atoms with E-state index in [4.69, 9.17) is 4.74 Å².